The number of benzene rings is 2. The first-order valence-electron chi connectivity index (χ1n) is 9.65. The number of hydrogen-bond donors (Lipinski definition) is 1. The zero-order valence-electron chi connectivity index (χ0n) is 15.7. The first-order valence-corrected chi connectivity index (χ1v) is 9.65. The highest BCUT2D eigenvalue weighted by molar-refractivity contribution is 5.60. The highest BCUT2D eigenvalue weighted by Crippen LogP contribution is 2.32. The molecule has 5 rings (SSSR count). The second-order valence-electron chi connectivity index (χ2n) is 7.60. The largest absolute Gasteiger partial charge is 0.490 e. The van der Waals surface area contributed by atoms with Gasteiger partial charge in [-0.25, -0.2) is 4.39 Å². The molecule has 1 atom stereocenters. The molecule has 144 valence electrons. The number of halogens is 1. The summed E-state index contributed by atoms with van der Waals surface area (Å²) in [6.45, 7) is 4.64. The molecule has 0 saturated heterocycles. The van der Waals surface area contributed by atoms with E-state index in [0.29, 0.717) is 11.5 Å². The molecule has 6 heteroatoms. The molecule has 0 spiro atoms. The average Bonchev–Trinajstić information content (AvgIpc) is 3.24. The molecule has 1 aromatic heterocycles. The van der Waals surface area contributed by atoms with Gasteiger partial charge in [0.1, 0.15) is 23.4 Å². The summed E-state index contributed by atoms with van der Waals surface area (Å²) >= 11 is 0. The molecule has 0 unspecified atom stereocenters. The van der Waals surface area contributed by atoms with Crippen LogP contribution in [0.5, 0.6) is 5.75 Å². The standard InChI is InChI=1S/C22H22FN3O2/c1-14-9-16-10-15(5-6-20(16)27-14)12-26-8-7-21-19(13-26)22(25-28-21)24-18-4-2-3-17(23)11-18/h2-6,10-11,14H,7-9,12-13H2,1H3,(H,24,25)/t14-/m0/s1. The van der Waals surface area contributed by atoms with Crippen LogP contribution in [0, 0.1) is 5.82 Å². The zero-order chi connectivity index (χ0) is 19.1. The Balaban J connectivity index is 1.31. The second kappa shape index (κ2) is 6.95. The van der Waals surface area contributed by atoms with Crippen molar-refractivity contribution in [3.63, 3.8) is 0 Å². The molecule has 3 heterocycles. The quantitative estimate of drug-likeness (QED) is 0.726. The summed E-state index contributed by atoms with van der Waals surface area (Å²) in [5, 5.41) is 7.36. The van der Waals surface area contributed by atoms with Gasteiger partial charge in [-0.3, -0.25) is 4.90 Å². The molecule has 2 aromatic carbocycles. The molecule has 5 nitrogen and oxygen atoms in total. The van der Waals surface area contributed by atoms with Crippen LogP contribution in [0.15, 0.2) is 47.0 Å². The number of anilines is 2. The minimum atomic E-state index is -0.279. The number of hydrogen-bond acceptors (Lipinski definition) is 5. The van der Waals surface area contributed by atoms with Gasteiger partial charge >= 0.3 is 0 Å². The van der Waals surface area contributed by atoms with Crippen molar-refractivity contribution >= 4 is 11.5 Å². The predicted molar refractivity (Wildman–Crippen MR) is 104 cm³/mol. The molecule has 2 aliphatic heterocycles. The van der Waals surface area contributed by atoms with Gasteiger partial charge in [0.15, 0.2) is 5.82 Å². The summed E-state index contributed by atoms with van der Waals surface area (Å²) in [6, 6.07) is 12.9. The van der Waals surface area contributed by atoms with Crippen molar-refractivity contribution in [2.24, 2.45) is 0 Å². The fourth-order valence-corrected chi connectivity index (χ4v) is 4.03. The lowest BCUT2D eigenvalue weighted by molar-refractivity contribution is 0.228. The van der Waals surface area contributed by atoms with E-state index >= 15 is 0 Å². The van der Waals surface area contributed by atoms with Gasteiger partial charge in [0.25, 0.3) is 0 Å². The molecule has 0 saturated carbocycles. The van der Waals surface area contributed by atoms with Crippen LogP contribution in [-0.2, 0) is 25.9 Å². The summed E-state index contributed by atoms with van der Waals surface area (Å²) in [4.78, 5) is 2.39. The minimum Gasteiger partial charge on any atom is -0.490 e. The van der Waals surface area contributed by atoms with Crippen LogP contribution in [0.1, 0.15) is 29.4 Å². The number of aromatic nitrogens is 1. The van der Waals surface area contributed by atoms with Crippen LogP contribution >= 0.6 is 0 Å². The van der Waals surface area contributed by atoms with Crippen molar-refractivity contribution in [3.05, 3.63) is 70.7 Å². The zero-order valence-corrected chi connectivity index (χ0v) is 15.7. The van der Waals surface area contributed by atoms with Crippen LogP contribution in [0.25, 0.3) is 0 Å². The Kier molecular flexibility index (Phi) is 4.28. The van der Waals surface area contributed by atoms with E-state index in [2.05, 4.69) is 40.5 Å². The lowest BCUT2D eigenvalue weighted by Crippen LogP contribution is -2.29. The normalized spacial score (nSPS) is 18.4. The van der Waals surface area contributed by atoms with Crippen LogP contribution in [0.4, 0.5) is 15.9 Å². The molecule has 0 fully saturated rings. The number of fused-ring (bicyclic) bond motifs is 2. The maximum Gasteiger partial charge on any atom is 0.178 e. The van der Waals surface area contributed by atoms with E-state index in [0.717, 1.165) is 49.5 Å². The number of rotatable bonds is 4. The summed E-state index contributed by atoms with van der Waals surface area (Å²) in [6.07, 6.45) is 2.05. The number of nitrogens with zero attached hydrogens (tertiary/aromatic N) is 2. The number of nitrogens with one attached hydrogen (secondary N) is 1. The third kappa shape index (κ3) is 3.36. The summed E-state index contributed by atoms with van der Waals surface area (Å²) in [5.41, 5.74) is 4.30. The maximum absolute atomic E-state index is 13.5. The van der Waals surface area contributed by atoms with Crippen molar-refractivity contribution in [3.8, 4) is 5.75 Å². The molecule has 28 heavy (non-hydrogen) atoms. The van der Waals surface area contributed by atoms with Crippen molar-refractivity contribution < 1.29 is 13.7 Å². The smallest absolute Gasteiger partial charge is 0.178 e. The van der Waals surface area contributed by atoms with E-state index < -0.39 is 0 Å². The molecule has 0 aliphatic carbocycles. The third-order valence-corrected chi connectivity index (χ3v) is 5.36. The Bertz CT molecular complexity index is 1020. The molecule has 0 bridgehead atoms. The summed E-state index contributed by atoms with van der Waals surface area (Å²) in [7, 11) is 0. The van der Waals surface area contributed by atoms with Gasteiger partial charge in [0.05, 0.1) is 5.56 Å². The van der Waals surface area contributed by atoms with Gasteiger partial charge in [-0.2, -0.15) is 0 Å². The SMILES string of the molecule is C[C@H]1Cc2cc(CN3CCc4onc(Nc5cccc(F)c5)c4C3)ccc2O1. The van der Waals surface area contributed by atoms with Gasteiger partial charge in [-0.15, -0.1) is 0 Å². The van der Waals surface area contributed by atoms with E-state index in [1.807, 2.05) is 6.07 Å². The third-order valence-electron chi connectivity index (χ3n) is 5.36. The van der Waals surface area contributed by atoms with Gasteiger partial charge < -0.3 is 14.6 Å². The lowest BCUT2D eigenvalue weighted by atomic mass is 10.0. The Labute approximate surface area is 163 Å². The Morgan fingerprint density at radius 2 is 2.18 bits per heavy atom. The molecule has 3 aromatic rings. The molecular weight excluding hydrogens is 357 g/mol. The van der Waals surface area contributed by atoms with E-state index in [-0.39, 0.29) is 11.9 Å². The molecular formula is C22H22FN3O2. The molecule has 0 amide bonds. The predicted octanol–water partition coefficient (Wildman–Crippen LogP) is 4.44. The maximum atomic E-state index is 13.5. The first kappa shape index (κ1) is 17.3. The summed E-state index contributed by atoms with van der Waals surface area (Å²) in [5.74, 6) is 2.31. The van der Waals surface area contributed by atoms with E-state index in [1.165, 1.54) is 23.3 Å². The van der Waals surface area contributed by atoms with Crippen molar-refractivity contribution in [1.29, 1.82) is 0 Å². The van der Waals surface area contributed by atoms with Gasteiger partial charge in [0.2, 0.25) is 0 Å². The molecule has 0 radical (unpaired) electrons. The molecule has 1 N–H and O–H groups in total. The van der Waals surface area contributed by atoms with Crippen LogP contribution < -0.4 is 10.1 Å². The fraction of sp³-hybridized carbons (Fsp3) is 0.318. The molecule has 2 aliphatic rings. The fourth-order valence-electron chi connectivity index (χ4n) is 4.03. The lowest BCUT2D eigenvalue weighted by Gasteiger charge is -2.26. The van der Waals surface area contributed by atoms with Crippen LogP contribution in [0.2, 0.25) is 0 Å². The highest BCUT2D eigenvalue weighted by Gasteiger charge is 2.25. The Hall–Kier alpha value is -2.86. The van der Waals surface area contributed by atoms with Gasteiger partial charge in [-0.05, 0) is 42.3 Å². The summed E-state index contributed by atoms with van der Waals surface area (Å²) < 4.78 is 24.8. The van der Waals surface area contributed by atoms with E-state index in [4.69, 9.17) is 9.26 Å². The van der Waals surface area contributed by atoms with Crippen molar-refractivity contribution in [1.82, 2.24) is 10.1 Å². The Morgan fingerprint density at radius 1 is 1.25 bits per heavy atom. The van der Waals surface area contributed by atoms with Crippen LogP contribution in [-0.4, -0.2) is 22.7 Å². The van der Waals surface area contributed by atoms with Crippen molar-refractivity contribution in [2.45, 2.75) is 39.0 Å². The van der Waals surface area contributed by atoms with Gasteiger partial charge in [-0.1, -0.05) is 23.4 Å². The highest BCUT2D eigenvalue weighted by atomic mass is 19.1. The first-order chi connectivity index (χ1) is 13.6. The monoisotopic (exact) mass is 379 g/mol. The van der Waals surface area contributed by atoms with Gasteiger partial charge in [0, 0.05) is 38.2 Å². The van der Waals surface area contributed by atoms with E-state index in [9.17, 15) is 4.39 Å². The average molecular weight is 379 g/mol. The van der Waals surface area contributed by atoms with E-state index in [1.54, 1.807) is 6.07 Å². The topological polar surface area (TPSA) is 50.5 Å². The Morgan fingerprint density at radius 3 is 3.07 bits per heavy atom. The number of ether oxygens (including phenoxy) is 1. The second-order valence-corrected chi connectivity index (χ2v) is 7.60. The van der Waals surface area contributed by atoms with Crippen LogP contribution in [0.3, 0.4) is 0 Å². The van der Waals surface area contributed by atoms with Crippen molar-refractivity contribution in [2.75, 3.05) is 11.9 Å². The minimum absolute atomic E-state index is 0.260.